The second-order valence-corrected chi connectivity index (χ2v) is 4.56. The number of hydrogen-bond donors (Lipinski definition) is 4. The summed E-state index contributed by atoms with van der Waals surface area (Å²) >= 11 is 0. The fourth-order valence-electron chi connectivity index (χ4n) is 2.09. The van der Waals surface area contributed by atoms with Crippen molar-refractivity contribution in [2.75, 3.05) is 0 Å². The number of cyclic esters (lactones) is 1. The quantitative estimate of drug-likeness (QED) is 0.528. The fraction of sp³-hybridized carbons (Fsp3) is 0.462. The van der Waals surface area contributed by atoms with Crippen molar-refractivity contribution in [1.82, 2.24) is 0 Å². The molecule has 1 fully saturated rings. The summed E-state index contributed by atoms with van der Waals surface area (Å²) in [7, 11) is 0. The molecule has 0 aliphatic carbocycles. The number of carbonyl (C=O) groups is 1. The minimum Gasteiger partial charge on any atom is -0.457 e. The van der Waals surface area contributed by atoms with Crippen LogP contribution in [0.2, 0.25) is 0 Å². The molecule has 2 rings (SSSR count). The highest BCUT2D eigenvalue weighted by Crippen LogP contribution is 2.25. The number of hydrogen-bond acceptors (Lipinski definition) is 6. The lowest BCUT2D eigenvalue weighted by atomic mass is 9.95. The van der Waals surface area contributed by atoms with E-state index in [0.29, 0.717) is 5.56 Å². The van der Waals surface area contributed by atoms with E-state index in [0.717, 1.165) is 0 Å². The van der Waals surface area contributed by atoms with Gasteiger partial charge in [0, 0.05) is 0 Å². The van der Waals surface area contributed by atoms with E-state index < -0.39 is 36.5 Å². The van der Waals surface area contributed by atoms with E-state index in [1.54, 1.807) is 30.3 Å². The summed E-state index contributed by atoms with van der Waals surface area (Å²) in [5.41, 5.74) is 0.424. The summed E-state index contributed by atoms with van der Waals surface area (Å²) in [6, 6.07) is 8.31. The third-order valence-corrected chi connectivity index (χ3v) is 3.17. The number of aliphatic hydroxyl groups is 4. The molecule has 0 amide bonds. The van der Waals surface area contributed by atoms with Gasteiger partial charge in [-0.2, -0.15) is 0 Å². The van der Waals surface area contributed by atoms with E-state index in [1.807, 2.05) is 0 Å². The zero-order valence-electron chi connectivity index (χ0n) is 10.1. The molecule has 104 valence electrons. The minimum absolute atomic E-state index is 0.226. The SMILES string of the molecule is O=C1C[C@@H](O)[C@H]([C@@H](O)[C@@H](O)[C@@H](O)c2ccccc2)O1. The number of rotatable bonds is 4. The molecular formula is C13H16O6. The lowest BCUT2D eigenvalue weighted by Gasteiger charge is -2.27. The Balaban J connectivity index is 2.07. The van der Waals surface area contributed by atoms with Gasteiger partial charge in [-0.3, -0.25) is 4.79 Å². The van der Waals surface area contributed by atoms with Gasteiger partial charge in [0.2, 0.25) is 0 Å². The van der Waals surface area contributed by atoms with Crippen LogP contribution in [-0.4, -0.2) is 50.8 Å². The summed E-state index contributed by atoms with van der Waals surface area (Å²) in [5, 5.41) is 39.3. The van der Waals surface area contributed by atoms with Crippen LogP contribution in [0.15, 0.2) is 30.3 Å². The number of benzene rings is 1. The third-order valence-electron chi connectivity index (χ3n) is 3.17. The monoisotopic (exact) mass is 268 g/mol. The summed E-state index contributed by atoms with van der Waals surface area (Å²) in [5.74, 6) is -0.641. The van der Waals surface area contributed by atoms with Crippen LogP contribution in [0.25, 0.3) is 0 Å². The molecule has 6 heteroatoms. The fourth-order valence-corrected chi connectivity index (χ4v) is 2.09. The maximum absolute atomic E-state index is 11.0. The molecule has 0 saturated carbocycles. The van der Waals surface area contributed by atoms with Crippen molar-refractivity contribution in [3.63, 3.8) is 0 Å². The van der Waals surface area contributed by atoms with E-state index in [4.69, 9.17) is 4.74 Å². The third kappa shape index (κ3) is 2.93. The number of esters is 1. The average Bonchev–Trinajstić information content (AvgIpc) is 2.76. The minimum atomic E-state index is -1.56. The van der Waals surface area contributed by atoms with Crippen LogP contribution in [0.5, 0.6) is 0 Å². The van der Waals surface area contributed by atoms with Crippen molar-refractivity contribution >= 4 is 5.97 Å². The maximum Gasteiger partial charge on any atom is 0.309 e. The highest BCUT2D eigenvalue weighted by atomic mass is 16.6. The maximum atomic E-state index is 11.0. The molecule has 6 nitrogen and oxygen atoms in total. The standard InChI is InChI=1S/C13H16O6/c14-8-6-9(15)19-13(8)12(18)11(17)10(16)7-4-2-1-3-5-7/h1-5,8,10-14,16-18H,6H2/t8-,10+,11+,12+,13-/m1/s1. The molecule has 1 heterocycles. The molecule has 0 bridgehead atoms. The lowest BCUT2D eigenvalue weighted by molar-refractivity contribution is -0.157. The van der Waals surface area contributed by atoms with Crippen LogP contribution >= 0.6 is 0 Å². The van der Waals surface area contributed by atoms with Crippen molar-refractivity contribution < 1.29 is 30.0 Å². The van der Waals surface area contributed by atoms with Gasteiger partial charge >= 0.3 is 5.97 Å². The van der Waals surface area contributed by atoms with Crippen LogP contribution in [0.1, 0.15) is 18.1 Å². The highest BCUT2D eigenvalue weighted by molar-refractivity contribution is 5.72. The van der Waals surface area contributed by atoms with Gasteiger partial charge in [0.05, 0.1) is 6.42 Å². The van der Waals surface area contributed by atoms with E-state index in [1.165, 1.54) is 0 Å². The average molecular weight is 268 g/mol. The van der Waals surface area contributed by atoms with Crippen molar-refractivity contribution in [1.29, 1.82) is 0 Å². The van der Waals surface area contributed by atoms with Crippen LogP contribution in [0, 0.1) is 0 Å². The Kier molecular flexibility index (Phi) is 4.16. The van der Waals surface area contributed by atoms with Gasteiger partial charge in [-0.15, -0.1) is 0 Å². The summed E-state index contributed by atoms with van der Waals surface area (Å²) in [6.45, 7) is 0. The molecule has 0 radical (unpaired) electrons. The first kappa shape index (κ1) is 14.0. The van der Waals surface area contributed by atoms with Crippen molar-refractivity contribution in [3.05, 3.63) is 35.9 Å². The van der Waals surface area contributed by atoms with Crippen LogP contribution in [-0.2, 0) is 9.53 Å². The van der Waals surface area contributed by atoms with Crippen molar-refractivity contribution in [2.24, 2.45) is 0 Å². The number of ether oxygens (including phenoxy) is 1. The Labute approximate surface area is 109 Å². The van der Waals surface area contributed by atoms with Gasteiger partial charge in [-0.05, 0) is 5.56 Å². The van der Waals surface area contributed by atoms with E-state index in [9.17, 15) is 25.2 Å². The Morgan fingerprint density at radius 3 is 2.32 bits per heavy atom. The van der Waals surface area contributed by atoms with Crippen molar-refractivity contribution in [2.45, 2.75) is 36.9 Å². The van der Waals surface area contributed by atoms with Gasteiger partial charge in [0.15, 0.2) is 6.10 Å². The Hall–Kier alpha value is -1.47. The van der Waals surface area contributed by atoms with Crippen LogP contribution in [0.3, 0.4) is 0 Å². The largest absolute Gasteiger partial charge is 0.457 e. The van der Waals surface area contributed by atoms with Crippen LogP contribution < -0.4 is 0 Å². The zero-order valence-corrected chi connectivity index (χ0v) is 10.1. The first-order valence-corrected chi connectivity index (χ1v) is 5.97. The predicted molar refractivity (Wildman–Crippen MR) is 63.9 cm³/mol. The normalized spacial score (nSPS) is 27.7. The highest BCUT2D eigenvalue weighted by Gasteiger charge is 2.43. The summed E-state index contributed by atoms with van der Waals surface area (Å²) < 4.78 is 4.73. The first-order valence-electron chi connectivity index (χ1n) is 5.97. The second-order valence-electron chi connectivity index (χ2n) is 4.56. The number of carbonyl (C=O) groups excluding carboxylic acids is 1. The van der Waals surface area contributed by atoms with Gasteiger partial charge in [-0.1, -0.05) is 30.3 Å². The predicted octanol–water partition coefficient (Wildman–Crippen LogP) is -0.882. The smallest absolute Gasteiger partial charge is 0.309 e. The van der Waals surface area contributed by atoms with E-state index in [-0.39, 0.29) is 6.42 Å². The molecule has 0 aromatic heterocycles. The van der Waals surface area contributed by atoms with Gasteiger partial charge in [0.1, 0.15) is 24.4 Å². The molecule has 1 aliphatic heterocycles. The van der Waals surface area contributed by atoms with Gasteiger partial charge in [0.25, 0.3) is 0 Å². The molecule has 1 aromatic carbocycles. The second kappa shape index (κ2) is 5.66. The van der Waals surface area contributed by atoms with Crippen LogP contribution in [0.4, 0.5) is 0 Å². The Morgan fingerprint density at radius 1 is 1.16 bits per heavy atom. The molecule has 1 aromatic rings. The number of aliphatic hydroxyl groups excluding tert-OH is 4. The van der Waals surface area contributed by atoms with E-state index in [2.05, 4.69) is 0 Å². The molecule has 5 atom stereocenters. The molecule has 1 aliphatic rings. The molecule has 0 spiro atoms. The summed E-state index contributed by atoms with van der Waals surface area (Å²) in [6.07, 6.45) is -7.08. The molecule has 0 unspecified atom stereocenters. The van der Waals surface area contributed by atoms with Gasteiger partial charge in [-0.25, -0.2) is 0 Å². The Bertz CT molecular complexity index is 434. The zero-order chi connectivity index (χ0) is 14.0. The molecule has 1 saturated heterocycles. The molecular weight excluding hydrogens is 252 g/mol. The summed E-state index contributed by atoms with van der Waals surface area (Å²) in [4.78, 5) is 11.0. The van der Waals surface area contributed by atoms with Gasteiger partial charge < -0.3 is 25.2 Å². The molecule has 4 N–H and O–H groups in total. The van der Waals surface area contributed by atoms with Crippen molar-refractivity contribution in [3.8, 4) is 0 Å². The van der Waals surface area contributed by atoms with E-state index >= 15 is 0 Å². The Morgan fingerprint density at radius 2 is 1.79 bits per heavy atom. The first-order chi connectivity index (χ1) is 9.00. The molecule has 19 heavy (non-hydrogen) atoms. The lowest BCUT2D eigenvalue weighted by Crippen LogP contribution is -2.45. The topological polar surface area (TPSA) is 107 Å².